The fraction of sp³-hybridized carbons (Fsp3) is 0.412. The Morgan fingerprint density at radius 1 is 1.30 bits per heavy atom. The standard InChI is InChI=1S/C17H20N2O/c1-2-20-13-3-4-17-14(9-13)15(10-18-17)16-11-19-7-5-12(16)6-8-19/h3-4,9-12,18H,2,5-8H2,1H3. The molecule has 1 aromatic carbocycles. The Morgan fingerprint density at radius 2 is 2.15 bits per heavy atom. The summed E-state index contributed by atoms with van der Waals surface area (Å²) in [5.74, 6) is 1.69. The summed E-state index contributed by atoms with van der Waals surface area (Å²) in [5, 5.41) is 1.29. The van der Waals surface area contributed by atoms with E-state index in [0.29, 0.717) is 6.61 Å². The van der Waals surface area contributed by atoms with Gasteiger partial charge in [-0.2, -0.15) is 0 Å². The molecule has 1 saturated heterocycles. The third-order valence-electron chi connectivity index (χ3n) is 4.57. The average molecular weight is 268 g/mol. The van der Waals surface area contributed by atoms with Crippen molar-refractivity contribution in [1.29, 1.82) is 0 Å². The Bertz CT molecular complexity index is 663. The topological polar surface area (TPSA) is 28.3 Å². The summed E-state index contributed by atoms with van der Waals surface area (Å²) in [6.45, 7) is 5.18. The van der Waals surface area contributed by atoms with Crippen molar-refractivity contribution in [2.75, 3.05) is 19.7 Å². The Labute approximate surface area is 119 Å². The van der Waals surface area contributed by atoms with Crippen molar-refractivity contribution in [3.8, 4) is 5.75 Å². The Hall–Kier alpha value is -1.90. The molecule has 3 aliphatic rings. The molecule has 3 heteroatoms. The van der Waals surface area contributed by atoms with Crippen LogP contribution in [0, 0.1) is 5.92 Å². The predicted octanol–water partition coefficient (Wildman–Crippen LogP) is 3.63. The first kappa shape index (κ1) is 11.9. The van der Waals surface area contributed by atoms with Gasteiger partial charge in [-0.25, -0.2) is 0 Å². The molecule has 4 heterocycles. The van der Waals surface area contributed by atoms with Crippen molar-refractivity contribution in [3.05, 3.63) is 36.2 Å². The van der Waals surface area contributed by atoms with Crippen molar-refractivity contribution in [2.45, 2.75) is 19.8 Å². The highest BCUT2D eigenvalue weighted by Gasteiger charge is 2.28. The number of hydrogen-bond donors (Lipinski definition) is 1. The number of ether oxygens (including phenoxy) is 1. The van der Waals surface area contributed by atoms with E-state index in [4.69, 9.17) is 4.74 Å². The molecule has 0 saturated carbocycles. The van der Waals surface area contributed by atoms with Crippen LogP contribution in [0.1, 0.15) is 25.3 Å². The van der Waals surface area contributed by atoms with E-state index in [-0.39, 0.29) is 0 Å². The summed E-state index contributed by atoms with van der Waals surface area (Å²) < 4.78 is 5.64. The largest absolute Gasteiger partial charge is 0.494 e. The molecule has 1 fully saturated rings. The summed E-state index contributed by atoms with van der Waals surface area (Å²) in [6.07, 6.45) is 7.12. The zero-order valence-electron chi connectivity index (χ0n) is 11.9. The number of rotatable bonds is 3. The molecule has 5 rings (SSSR count). The molecule has 3 aliphatic heterocycles. The molecule has 0 radical (unpaired) electrons. The van der Waals surface area contributed by atoms with E-state index in [9.17, 15) is 0 Å². The van der Waals surface area contributed by atoms with E-state index in [1.165, 1.54) is 48.0 Å². The van der Waals surface area contributed by atoms with E-state index in [2.05, 4.69) is 34.4 Å². The van der Waals surface area contributed by atoms with Gasteiger partial charge in [-0.05, 0) is 49.5 Å². The summed E-state index contributed by atoms with van der Waals surface area (Å²) in [4.78, 5) is 5.86. The zero-order chi connectivity index (χ0) is 13.5. The first-order valence-corrected chi connectivity index (χ1v) is 7.55. The van der Waals surface area contributed by atoms with Crippen molar-refractivity contribution in [2.24, 2.45) is 5.92 Å². The molecule has 2 bridgehead atoms. The maximum Gasteiger partial charge on any atom is 0.120 e. The van der Waals surface area contributed by atoms with E-state index in [1.807, 2.05) is 13.0 Å². The van der Waals surface area contributed by atoms with Crippen LogP contribution >= 0.6 is 0 Å². The molecular formula is C17H20N2O. The molecule has 0 unspecified atom stereocenters. The number of piperidine rings is 1. The van der Waals surface area contributed by atoms with E-state index in [0.717, 1.165) is 11.7 Å². The SMILES string of the molecule is CCOc1ccc2[nH]cc(C3=CN4CCC3CC4)c2c1. The minimum absolute atomic E-state index is 0.713. The minimum atomic E-state index is 0.713. The Kier molecular flexibility index (Phi) is 2.72. The molecule has 1 N–H and O–H groups in total. The number of benzene rings is 1. The molecule has 3 nitrogen and oxygen atoms in total. The van der Waals surface area contributed by atoms with Gasteiger partial charge in [0.05, 0.1) is 6.61 Å². The van der Waals surface area contributed by atoms with Gasteiger partial charge < -0.3 is 14.6 Å². The normalized spacial score (nSPS) is 18.6. The average Bonchev–Trinajstić information content (AvgIpc) is 2.92. The number of H-pyrrole nitrogens is 1. The van der Waals surface area contributed by atoms with Gasteiger partial charge in [0.1, 0.15) is 5.75 Å². The zero-order valence-corrected chi connectivity index (χ0v) is 11.9. The second-order valence-corrected chi connectivity index (χ2v) is 5.74. The number of fused-ring (bicyclic) bond motifs is 3. The number of nitrogens with zero attached hydrogens (tertiary/aromatic N) is 1. The van der Waals surface area contributed by atoms with Gasteiger partial charge in [0, 0.05) is 42.0 Å². The van der Waals surface area contributed by atoms with Crippen molar-refractivity contribution in [1.82, 2.24) is 9.88 Å². The van der Waals surface area contributed by atoms with Crippen LogP contribution in [0.15, 0.2) is 30.6 Å². The Balaban J connectivity index is 1.81. The molecular weight excluding hydrogens is 248 g/mol. The molecule has 1 aromatic heterocycles. The predicted molar refractivity (Wildman–Crippen MR) is 81.7 cm³/mol. The molecule has 0 spiro atoms. The van der Waals surface area contributed by atoms with Crippen LogP contribution in [0.2, 0.25) is 0 Å². The smallest absolute Gasteiger partial charge is 0.120 e. The van der Waals surface area contributed by atoms with E-state index in [1.54, 1.807) is 0 Å². The second-order valence-electron chi connectivity index (χ2n) is 5.74. The highest BCUT2D eigenvalue weighted by Crippen LogP contribution is 2.40. The summed E-state index contributed by atoms with van der Waals surface area (Å²) in [6, 6.07) is 6.33. The molecule has 104 valence electrons. The van der Waals surface area contributed by atoms with Crippen LogP contribution in [0.25, 0.3) is 16.5 Å². The van der Waals surface area contributed by atoms with Crippen molar-refractivity contribution in [3.63, 3.8) is 0 Å². The van der Waals surface area contributed by atoms with Crippen LogP contribution in [-0.2, 0) is 0 Å². The van der Waals surface area contributed by atoms with Crippen LogP contribution < -0.4 is 4.74 Å². The molecule has 0 aliphatic carbocycles. The van der Waals surface area contributed by atoms with Gasteiger partial charge in [-0.15, -0.1) is 0 Å². The lowest BCUT2D eigenvalue weighted by Crippen LogP contribution is -2.35. The van der Waals surface area contributed by atoms with Gasteiger partial charge in [0.25, 0.3) is 0 Å². The van der Waals surface area contributed by atoms with Crippen LogP contribution in [0.4, 0.5) is 0 Å². The number of allylic oxidation sites excluding steroid dienone is 1. The molecule has 0 atom stereocenters. The second kappa shape index (κ2) is 4.58. The molecule has 0 amide bonds. The van der Waals surface area contributed by atoms with Crippen molar-refractivity contribution >= 4 is 16.5 Å². The van der Waals surface area contributed by atoms with E-state index >= 15 is 0 Å². The minimum Gasteiger partial charge on any atom is -0.494 e. The van der Waals surface area contributed by atoms with Gasteiger partial charge in [-0.3, -0.25) is 0 Å². The van der Waals surface area contributed by atoms with Crippen LogP contribution in [0.3, 0.4) is 0 Å². The maximum atomic E-state index is 5.64. The first-order valence-electron chi connectivity index (χ1n) is 7.55. The number of aromatic nitrogens is 1. The molecule has 2 aromatic rings. The summed E-state index contributed by atoms with van der Waals surface area (Å²) in [5.41, 5.74) is 4.05. The molecule has 20 heavy (non-hydrogen) atoms. The summed E-state index contributed by atoms with van der Waals surface area (Å²) in [7, 11) is 0. The highest BCUT2D eigenvalue weighted by molar-refractivity contribution is 5.94. The monoisotopic (exact) mass is 268 g/mol. The quantitative estimate of drug-likeness (QED) is 0.920. The fourth-order valence-corrected chi connectivity index (χ4v) is 3.53. The van der Waals surface area contributed by atoms with Gasteiger partial charge in [0.15, 0.2) is 0 Å². The lowest BCUT2D eigenvalue weighted by Gasteiger charge is -2.39. The maximum absolute atomic E-state index is 5.64. The number of nitrogens with one attached hydrogen (secondary N) is 1. The summed E-state index contributed by atoms with van der Waals surface area (Å²) >= 11 is 0. The van der Waals surface area contributed by atoms with Gasteiger partial charge >= 0.3 is 0 Å². The lowest BCUT2D eigenvalue weighted by molar-refractivity contribution is 0.252. The van der Waals surface area contributed by atoms with Crippen LogP contribution in [-0.4, -0.2) is 29.6 Å². The van der Waals surface area contributed by atoms with Gasteiger partial charge in [0.2, 0.25) is 0 Å². The fourth-order valence-electron chi connectivity index (χ4n) is 3.53. The van der Waals surface area contributed by atoms with E-state index < -0.39 is 0 Å². The van der Waals surface area contributed by atoms with Crippen LogP contribution in [0.5, 0.6) is 5.75 Å². The Morgan fingerprint density at radius 3 is 2.85 bits per heavy atom. The lowest BCUT2D eigenvalue weighted by atomic mass is 9.82. The highest BCUT2D eigenvalue weighted by atomic mass is 16.5. The third kappa shape index (κ3) is 1.80. The number of aromatic amines is 1. The van der Waals surface area contributed by atoms with Crippen molar-refractivity contribution < 1.29 is 4.74 Å². The number of hydrogen-bond acceptors (Lipinski definition) is 2. The first-order chi connectivity index (χ1) is 9.85. The third-order valence-corrected chi connectivity index (χ3v) is 4.57. The van der Waals surface area contributed by atoms with Gasteiger partial charge in [-0.1, -0.05) is 0 Å².